The van der Waals surface area contributed by atoms with Crippen molar-refractivity contribution in [2.45, 2.75) is 58.8 Å². The number of hydrogen-bond donors (Lipinski definition) is 0. The normalized spacial score (nSPS) is 10.6. The summed E-state index contributed by atoms with van der Waals surface area (Å²) in [5.74, 6) is -0.0895. The topological polar surface area (TPSA) is 88.1 Å². The van der Waals surface area contributed by atoms with E-state index >= 15 is 0 Å². The Morgan fingerprint density at radius 2 is 1.18 bits per heavy atom. The number of esters is 3. The van der Waals surface area contributed by atoms with Crippen LogP contribution in [0.2, 0.25) is 0 Å². The standard InChI is InChI=1S/C32H38O7/c1-24(2)12-13-25(3)38-31(34)27-16-20-30(21-17-27)39-32(35)28-14-18-29(19-15-28)37-23-11-9-7-5-6-8-10-22-36-26(4)33/h12-21H,1,3,5-11,22-23H2,2,4H3/b13-12-. The minimum atomic E-state index is -0.562. The molecule has 0 saturated carbocycles. The molecule has 7 heteroatoms. The lowest BCUT2D eigenvalue weighted by molar-refractivity contribution is -0.141. The van der Waals surface area contributed by atoms with Crippen molar-refractivity contribution < 1.29 is 33.3 Å². The minimum absolute atomic E-state index is 0.201. The van der Waals surface area contributed by atoms with Gasteiger partial charge in [0.25, 0.3) is 0 Å². The predicted molar refractivity (Wildman–Crippen MR) is 151 cm³/mol. The maximum atomic E-state index is 12.5. The molecule has 0 heterocycles. The smallest absolute Gasteiger partial charge is 0.343 e. The lowest BCUT2D eigenvalue weighted by atomic mass is 10.1. The quantitative estimate of drug-likeness (QED) is 0.0688. The lowest BCUT2D eigenvalue weighted by Gasteiger charge is -2.08. The van der Waals surface area contributed by atoms with Gasteiger partial charge in [-0.3, -0.25) is 4.79 Å². The Bertz CT molecular complexity index is 1130. The average Bonchev–Trinajstić information content (AvgIpc) is 2.91. The summed E-state index contributed by atoms with van der Waals surface area (Å²) >= 11 is 0. The van der Waals surface area contributed by atoms with Crippen LogP contribution in [0.1, 0.15) is 79.5 Å². The van der Waals surface area contributed by atoms with Crippen molar-refractivity contribution in [3.63, 3.8) is 0 Å². The molecule has 0 bridgehead atoms. The lowest BCUT2D eigenvalue weighted by Crippen LogP contribution is -2.09. The Morgan fingerprint density at radius 3 is 1.74 bits per heavy atom. The van der Waals surface area contributed by atoms with Crippen molar-refractivity contribution in [2.24, 2.45) is 0 Å². The molecule has 2 aromatic rings. The zero-order valence-corrected chi connectivity index (χ0v) is 22.9. The Balaban J connectivity index is 1.66. The van der Waals surface area contributed by atoms with Crippen LogP contribution in [-0.2, 0) is 14.3 Å². The molecular weight excluding hydrogens is 496 g/mol. The zero-order valence-electron chi connectivity index (χ0n) is 22.9. The number of carbonyl (C=O) groups is 3. The predicted octanol–water partition coefficient (Wildman–Crippen LogP) is 7.38. The van der Waals surface area contributed by atoms with Gasteiger partial charge in [-0.1, -0.05) is 56.9 Å². The van der Waals surface area contributed by atoms with E-state index in [2.05, 4.69) is 13.2 Å². The number of carbonyl (C=O) groups excluding carboxylic acids is 3. The van der Waals surface area contributed by atoms with Crippen LogP contribution in [0.15, 0.2) is 85.2 Å². The summed E-state index contributed by atoms with van der Waals surface area (Å²) in [4.78, 5) is 35.4. The molecule has 0 aromatic heterocycles. The molecule has 0 saturated heterocycles. The van der Waals surface area contributed by atoms with Crippen LogP contribution in [0.5, 0.6) is 11.5 Å². The van der Waals surface area contributed by atoms with Gasteiger partial charge in [0.1, 0.15) is 17.3 Å². The first kappa shape index (κ1) is 31.1. The Hall–Kier alpha value is -4.13. The Morgan fingerprint density at radius 1 is 0.667 bits per heavy atom. The molecule has 39 heavy (non-hydrogen) atoms. The van der Waals surface area contributed by atoms with Gasteiger partial charge in [0, 0.05) is 6.92 Å². The summed E-state index contributed by atoms with van der Waals surface area (Å²) < 4.78 is 21.3. The van der Waals surface area contributed by atoms with Gasteiger partial charge >= 0.3 is 17.9 Å². The average molecular weight is 535 g/mol. The van der Waals surface area contributed by atoms with Crippen LogP contribution in [0, 0.1) is 0 Å². The summed E-state index contributed by atoms with van der Waals surface area (Å²) in [7, 11) is 0. The van der Waals surface area contributed by atoms with Crippen LogP contribution < -0.4 is 9.47 Å². The molecular formula is C32H38O7. The first-order chi connectivity index (χ1) is 18.7. The van der Waals surface area contributed by atoms with Crippen LogP contribution in [-0.4, -0.2) is 31.1 Å². The van der Waals surface area contributed by atoms with Crippen molar-refractivity contribution in [2.75, 3.05) is 13.2 Å². The fourth-order valence-electron chi connectivity index (χ4n) is 3.45. The molecule has 0 atom stereocenters. The largest absolute Gasteiger partial charge is 0.494 e. The highest BCUT2D eigenvalue weighted by Gasteiger charge is 2.12. The van der Waals surface area contributed by atoms with Crippen molar-refractivity contribution in [3.05, 3.63) is 96.3 Å². The molecule has 0 aliphatic rings. The second kappa shape index (κ2) is 17.4. The monoisotopic (exact) mass is 534 g/mol. The molecule has 0 spiro atoms. The maximum absolute atomic E-state index is 12.5. The Kier molecular flexibility index (Phi) is 13.9. The zero-order chi connectivity index (χ0) is 28.5. The summed E-state index contributed by atoms with van der Waals surface area (Å²) in [6.07, 6.45) is 10.7. The SMILES string of the molecule is C=C(C)/C=C\C(=C)OC(=O)c1ccc(OC(=O)c2ccc(OCCCCCCCCCOC(C)=O)cc2)cc1. The van der Waals surface area contributed by atoms with E-state index in [1.165, 1.54) is 31.2 Å². The minimum Gasteiger partial charge on any atom is -0.494 e. The fourth-order valence-corrected chi connectivity index (χ4v) is 3.45. The molecule has 0 unspecified atom stereocenters. The summed E-state index contributed by atoms with van der Waals surface area (Å²) in [5, 5.41) is 0. The molecule has 2 rings (SSSR count). The number of unbranched alkanes of at least 4 members (excludes halogenated alkanes) is 6. The number of benzene rings is 2. The van der Waals surface area contributed by atoms with E-state index in [1.807, 2.05) is 6.92 Å². The summed E-state index contributed by atoms with van der Waals surface area (Å²) in [5.41, 5.74) is 1.50. The van der Waals surface area contributed by atoms with Gasteiger partial charge in [0.05, 0.1) is 24.3 Å². The third kappa shape index (κ3) is 13.3. The molecule has 0 aliphatic heterocycles. The van der Waals surface area contributed by atoms with Gasteiger partial charge in [0.2, 0.25) is 0 Å². The maximum Gasteiger partial charge on any atom is 0.343 e. The van der Waals surface area contributed by atoms with E-state index in [0.29, 0.717) is 35.8 Å². The molecule has 208 valence electrons. The van der Waals surface area contributed by atoms with Crippen molar-refractivity contribution in [1.82, 2.24) is 0 Å². The third-order valence-corrected chi connectivity index (χ3v) is 5.53. The number of rotatable bonds is 17. The van der Waals surface area contributed by atoms with Crippen LogP contribution in [0.25, 0.3) is 0 Å². The first-order valence-corrected chi connectivity index (χ1v) is 13.2. The molecule has 0 fully saturated rings. The van der Waals surface area contributed by atoms with Crippen molar-refractivity contribution in [1.29, 1.82) is 0 Å². The summed E-state index contributed by atoms with van der Waals surface area (Å²) in [6, 6.07) is 12.9. The number of ether oxygens (including phenoxy) is 4. The van der Waals surface area contributed by atoms with Gasteiger partial charge in [-0.05, 0) is 74.4 Å². The first-order valence-electron chi connectivity index (χ1n) is 13.2. The van der Waals surface area contributed by atoms with E-state index in [9.17, 15) is 14.4 Å². The fraction of sp³-hybridized carbons (Fsp3) is 0.344. The van der Waals surface area contributed by atoms with Gasteiger partial charge in [-0.2, -0.15) is 0 Å². The van der Waals surface area contributed by atoms with Gasteiger partial charge in [-0.15, -0.1) is 0 Å². The third-order valence-electron chi connectivity index (χ3n) is 5.53. The molecule has 0 radical (unpaired) electrons. The second-order valence-electron chi connectivity index (χ2n) is 9.14. The molecule has 2 aromatic carbocycles. The van der Waals surface area contributed by atoms with Crippen LogP contribution >= 0.6 is 0 Å². The van der Waals surface area contributed by atoms with E-state index in [1.54, 1.807) is 36.4 Å². The van der Waals surface area contributed by atoms with Gasteiger partial charge in [-0.25, -0.2) is 9.59 Å². The highest BCUT2D eigenvalue weighted by molar-refractivity contribution is 5.92. The van der Waals surface area contributed by atoms with Gasteiger partial charge < -0.3 is 18.9 Å². The van der Waals surface area contributed by atoms with Gasteiger partial charge in [0.15, 0.2) is 0 Å². The number of allylic oxidation sites excluding steroid dienone is 3. The Labute approximate surface area is 231 Å². The summed E-state index contributed by atoms with van der Waals surface area (Å²) in [6.45, 7) is 11.8. The van der Waals surface area contributed by atoms with E-state index < -0.39 is 11.9 Å². The van der Waals surface area contributed by atoms with Crippen LogP contribution in [0.3, 0.4) is 0 Å². The van der Waals surface area contributed by atoms with E-state index in [4.69, 9.17) is 18.9 Å². The van der Waals surface area contributed by atoms with Crippen LogP contribution in [0.4, 0.5) is 0 Å². The van der Waals surface area contributed by atoms with Crippen molar-refractivity contribution >= 4 is 17.9 Å². The van der Waals surface area contributed by atoms with E-state index in [0.717, 1.165) is 50.5 Å². The highest BCUT2D eigenvalue weighted by atomic mass is 16.5. The molecule has 0 aliphatic carbocycles. The second-order valence-corrected chi connectivity index (χ2v) is 9.14. The van der Waals surface area contributed by atoms with E-state index in [-0.39, 0.29) is 11.7 Å². The highest BCUT2D eigenvalue weighted by Crippen LogP contribution is 2.18. The molecule has 0 amide bonds. The number of hydrogen-bond acceptors (Lipinski definition) is 7. The van der Waals surface area contributed by atoms with Crippen molar-refractivity contribution in [3.8, 4) is 11.5 Å². The molecule has 7 nitrogen and oxygen atoms in total. The molecule has 0 N–H and O–H groups in total.